The molecule has 90 valence electrons. The summed E-state index contributed by atoms with van der Waals surface area (Å²) in [6, 6.07) is 6.29. The summed E-state index contributed by atoms with van der Waals surface area (Å²) in [6.07, 6.45) is 1.06. The molecule has 0 atom stereocenters. The lowest BCUT2D eigenvalue weighted by Gasteiger charge is -2.02. The van der Waals surface area contributed by atoms with Gasteiger partial charge in [-0.15, -0.1) is 10.2 Å². The monoisotopic (exact) mass is 232 g/mol. The molecule has 0 amide bonds. The Kier molecular flexibility index (Phi) is 3.54. The van der Waals surface area contributed by atoms with Crippen LogP contribution >= 0.6 is 0 Å². The standard InChI is InChI=1S/C13H16N2O2/c1-9-3-4-11(7-10(9)2)8-13-15-14-12(17-13)5-6-16/h3-4,7,16H,5-6,8H2,1-2H3. The van der Waals surface area contributed by atoms with Gasteiger partial charge in [0.1, 0.15) is 0 Å². The van der Waals surface area contributed by atoms with Crippen molar-refractivity contribution in [2.75, 3.05) is 6.61 Å². The van der Waals surface area contributed by atoms with Crippen molar-refractivity contribution in [3.05, 3.63) is 46.7 Å². The molecule has 2 aromatic rings. The molecule has 0 fully saturated rings. The van der Waals surface area contributed by atoms with E-state index in [1.807, 2.05) is 0 Å². The molecule has 4 heteroatoms. The third kappa shape index (κ3) is 2.91. The molecule has 1 aromatic heterocycles. The topological polar surface area (TPSA) is 59.2 Å². The van der Waals surface area contributed by atoms with Crippen molar-refractivity contribution in [2.45, 2.75) is 26.7 Å². The number of nitrogens with zero attached hydrogens (tertiary/aromatic N) is 2. The molecule has 0 unspecified atom stereocenters. The summed E-state index contributed by atoms with van der Waals surface area (Å²) < 4.78 is 5.42. The van der Waals surface area contributed by atoms with E-state index in [1.54, 1.807) is 0 Å². The van der Waals surface area contributed by atoms with Crippen LogP contribution in [0.5, 0.6) is 0 Å². The number of hydrogen-bond acceptors (Lipinski definition) is 4. The van der Waals surface area contributed by atoms with Gasteiger partial charge >= 0.3 is 0 Å². The second-order valence-corrected chi connectivity index (χ2v) is 4.16. The Morgan fingerprint density at radius 1 is 1.12 bits per heavy atom. The molecule has 1 heterocycles. The smallest absolute Gasteiger partial charge is 0.220 e. The first-order valence-electron chi connectivity index (χ1n) is 5.67. The van der Waals surface area contributed by atoms with Gasteiger partial charge in [-0.3, -0.25) is 0 Å². The highest BCUT2D eigenvalue weighted by Gasteiger charge is 2.06. The zero-order chi connectivity index (χ0) is 12.3. The van der Waals surface area contributed by atoms with E-state index in [0.29, 0.717) is 24.6 Å². The molecule has 0 bridgehead atoms. The number of benzene rings is 1. The molecular weight excluding hydrogens is 216 g/mol. The van der Waals surface area contributed by atoms with Gasteiger partial charge < -0.3 is 9.52 Å². The van der Waals surface area contributed by atoms with Crippen LogP contribution in [-0.4, -0.2) is 21.9 Å². The number of aromatic nitrogens is 2. The van der Waals surface area contributed by atoms with Crippen molar-refractivity contribution in [1.82, 2.24) is 10.2 Å². The van der Waals surface area contributed by atoms with E-state index in [1.165, 1.54) is 11.1 Å². The van der Waals surface area contributed by atoms with E-state index in [4.69, 9.17) is 9.52 Å². The fraction of sp³-hybridized carbons (Fsp3) is 0.385. The first-order valence-corrected chi connectivity index (χ1v) is 5.67. The fourth-order valence-electron chi connectivity index (χ4n) is 1.64. The van der Waals surface area contributed by atoms with E-state index >= 15 is 0 Å². The number of aliphatic hydroxyl groups is 1. The Balaban J connectivity index is 2.11. The van der Waals surface area contributed by atoms with Crippen molar-refractivity contribution < 1.29 is 9.52 Å². The molecule has 0 aliphatic rings. The molecule has 2 rings (SSSR count). The maximum atomic E-state index is 8.76. The Morgan fingerprint density at radius 3 is 2.59 bits per heavy atom. The van der Waals surface area contributed by atoms with Gasteiger partial charge in [0.05, 0.1) is 13.0 Å². The number of aryl methyl sites for hydroxylation is 2. The molecule has 0 aliphatic heterocycles. The lowest BCUT2D eigenvalue weighted by molar-refractivity contribution is 0.283. The number of aliphatic hydroxyl groups excluding tert-OH is 1. The quantitative estimate of drug-likeness (QED) is 0.873. The van der Waals surface area contributed by atoms with Crippen LogP contribution < -0.4 is 0 Å². The van der Waals surface area contributed by atoms with Crippen LogP contribution in [0.15, 0.2) is 22.6 Å². The summed E-state index contributed by atoms with van der Waals surface area (Å²) in [4.78, 5) is 0. The van der Waals surface area contributed by atoms with E-state index in [0.717, 1.165) is 5.56 Å². The molecule has 1 aromatic carbocycles. The number of hydrogen-bond donors (Lipinski definition) is 1. The molecule has 17 heavy (non-hydrogen) atoms. The molecular formula is C13H16N2O2. The first-order chi connectivity index (χ1) is 8.19. The minimum absolute atomic E-state index is 0.0330. The maximum absolute atomic E-state index is 8.76. The predicted molar refractivity (Wildman–Crippen MR) is 63.8 cm³/mol. The van der Waals surface area contributed by atoms with Crippen LogP contribution in [0.1, 0.15) is 28.5 Å². The van der Waals surface area contributed by atoms with Gasteiger partial charge in [0.15, 0.2) is 0 Å². The lowest BCUT2D eigenvalue weighted by atomic mass is 10.0. The molecule has 0 radical (unpaired) electrons. The highest BCUT2D eigenvalue weighted by Crippen LogP contribution is 2.13. The Bertz CT molecular complexity index is 506. The van der Waals surface area contributed by atoms with Crippen molar-refractivity contribution in [1.29, 1.82) is 0 Å². The average Bonchev–Trinajstić information content (AvgIpc) is 2.72. The van der Waals surface area contributed by atoms with Crippen LogP contribution in [-0.2, 0) is 12.8 Å². The van der Waals surface area contributed by atoms with Crippen molar-refractivity contribution >= 4 is 0 Å². The zero-order valence-corrected chi connectivity index (χ0v) is 10.1. The highest BCUT2D eigenvalue weighted by molar-refractivity contribution is 5.31. The summed E-state index contributed by atoms with van der Waals surface area (Å²) in [5.41, 5.74) is 3.70. The van der Waals surface area contributed by atoms with Crippen molar-refractivity contribution in [2.24, 2.45) is 0 Å². The van der Waals surface area contributed by atoms with E-state index < -0.39 is 0 Å². The second-order valence-electron chi connectivity index (χ2n) is 4.16. The van der Waals surface area contributed by atoms with Gasteiger partial charge in [-0.25, -0.2) is 0 Å². The van der Waals surface area contributed by atoms with Gasteiger partial charge in [-0.1, -0.05) is 18.2 Å². The van der Waals surface area contributed by atoms with Gasteiger partial charge in [0.25, 0.3) is 0 Å². The van der Waals surface area contributed by atoms with Crippen LogP contribution in [0.4, 0.5) is 0 Å². The third-order valence-electron chi connectivity index (χ3n) is 2.76. The Labute approximate surface area is 100 Å². The van der Waals surface area contributed by atoms with Crippen LogP contribution in [0.25, 0.3) is 0 Å². The van der Waals surface area contributed by atoms with Gasteiger partial charge in [-0.05, 0) is 30.5 Å². The van der Waals surface area contributed by atoms with E-state index in [-0.39, 0.29) is 6.61 Å². The van der Waals surface area contributed by atoms with E-state index in [2.05, 4.69) is 42.2 Å². The summed E-state index contributed by atoms with van der Waals surface area (Å²) in [6.45, 7) is 4.21. The summed E-state index contributed by atoms with van der Waals surface area (Å²) in [5.74, 6) is 1.09. The molecule has 0 spiro atoms. The predicted octanol–water partition coefficient (Wildman–Crippen LogP) is 1.81. The van der Waals surface area contributed by atoms with Crippen molar-refractivity contribution in [3.63, 3.8) is 0 Å². The summed E-state index contributed by atoms with van der Waals surface area (Å²) in [7, 11) is 0. The third-order valence-corrected chi connectivity index (χ3v) is 2.76. The van der Waals surface area contributed by atoms with Gasteiger partial charge in [0.2, 0.25) is 11.8 Å². The molecule has 0 aliphatic carbocycles. The molecule has 4 nitrogen and oxygen atoms in total. The lowest BCUT2D eigenvalue weighted by Crippen LogP contribution is -1.90. The van der Waals surface area contributed by atoms with Gasteiger partial charge in [-0.2, -0.15) is 0 Å². The SMILES string of the molecule is Cc1ccc(Cc2nnc(CCO)o2)cc1C. The Hall–Kier alpha value is -1.68. The maximum Gasteiger partial charge on any atom is 0.220 e. The number of rotatable bonds is 4. The minimum Gasteiger partial charge on any atom is -0.425 e. The molecule has 0 saturated carbocycles. The summed E-state index contributed by atoms with van der Waals surface area (Å²) in [5, 5.41) is 16.6. The average molecular weight is 232 g/mol. The largest absolute Gasteiger partial charge is 0.425 e. The fourth-order valence-corrected chi connectivity index (χ4v) is 1.64. The Morgan fingerprint density at radius 2 is 1.88 bits per heavy atom. The van der Waals surface area contributed by atoms with Crippen LogP contribution in [0, 0.1) is 13.8 Å². The van der Waals surface area contributed by atoms with E-state index in [9.17, 15) is 0 Å². The highest BCUT2D eigenvalue weighted by atomic mass is 16.4. The zero-order valence-electron chi connectivity index (χ0n) is 10.1. The first kappa shape index (κ1) is 11.8. The van der Waals surface area contributed by atoms with Crippen LogP contribution in [0.3, 0.4) is 0 Å². The second kappa shape index (κ2) is 5.10. The normalized spacial score (nSPS) is 10.8. The van der Waals surface area contributed by atoms with Crippen molar-refractivity contribution in [3.8, 4) is 0 Å². The summed E-state index contributed by atoms with van der Waals surface area (Å²) >= 11 is 0. The van der Waals surface area contributed by atoms with Crippen LogP contribution in [0.2, 0.25) is 0 Å². The minimum atomic E-state index is 0.0330. The van der Waals surface area contributed by atoms with Gasteiger partial charge in [0, 0.05) is 6.42 Å². The molecule has 0 saturated heterocycles. The molecule has 1 N–H and O–H groups in total.